The quantitative estimate of drug-likeness (QED) is 0.737. The minimum absolute atomic E-state index is 0.0488. The molecule has 6 heteroatoms. The number of aromatic nitrogens is 3. The molecule has 1 aliphatic rings. The van der Waals surface area contributed by atoms with E-state index < -0.39 is 0 Å². The summed E-state index contributed by atoms with van der Waals surface area (Å²) in [5, 5.41) is 18.5. The van der Waals surface area contributed by atoms with Crippen LogP contribution in [0.2, 0.25) is 5.02 Å². The van der Waals surface area contributed by atoms with Crippen molar-refractivity contribution < 1.29 is 5.11 Å². The molecule has 1 aromatic heterocycles. The molecule has 4 rings (SSSR count). The fourth-order valence-corrected chi connectivity index (χ4v) is 3.37. The van der Waals surface area contributed by atoms with E-state index >= 15 is 0 Å². The third kappa shape index (κ3) is 2.61. The summed E-state index contributed by atoms with van der Waals surface area (Å²) in [6, 6.07) is 13.5. The molecule has 0 unspecified atom stereocenters. The van der Waals surface area contributed by atoms with Crippen LogP contribution in [-0.2, 0) is 0 Å². The van der Waals surface area contributed by atoms with Gasteiger partial charge in [-0.25, -0.2) is 4.68 Å². The van der Waals surface area contributed by atoms with Crippen LogP contribution in [0.4, 0.5) is 5.95 Å². The van der Waals surface area contributed by atoms with Gasteiger partial charge in [0.1, 0.15) is 12.1 Å². The van der Waals surface area contributed by atoms with Gasteiger partial charge in [0.2, 0.25) is 5.95 Å². The fourth-order valence-electron chi connectivity index (χ4n) is 3.19. The van der Waals surface area contributed by atoms with Crippen molar-refractivity contribution in [3.8, 4) is 5.75 Å². The Kier molecular flexibility index (Phi) is 3.65. The van der Waals surface area contributed by atoms with E-state index in [-0.39, 0.29) is 17.8 Å². The number of halogens is 1. The molecule has 122 valence electrons. The van der Waals surface area contributed by atoms with Crippen molar-refractivity contribution in [3.05, 3.63) is 70.5 Å². The molecule has 3 aromatic rings. The number of fused-ring (bicyclic) bond motifs is 1. The molecule has 0 fully saturated rings. The highest BCUT2D eigenvalue weighted by atomic mass is 35.5. The van der Waals surface area contributed by atoms with Gasteiger partial charge in [-0.15, -0.1) is 0 Å². The summed E-state index contributed by atoms with van der Waals surface area (Å²) in [6.45, 7) is 2.07. The van der Waals surface area contributed by atoms with E-state index in [0.29, 0.717) is 11.0 Å². The van der Waals surface area contributed by atoms with Crippen LogP contribution in [0.5, 0.6) is 5.75 Å². The first kappa shape index (κ1) is 15.0. The number of anilines is 1. The molecule has 5 nitrogen and oxygen atoms in total. The highest BCUT2D eigenvalue weighted by molar-refractivity contribution is 6.30. The van der Waals surface area contributed by atoms with Crippen LogP contribution < -0.4 is 5.32 Å². The molecule has 0 bridgehead atoms. The molecule has 0 spiro atoms. The zero-order chi connectivity index (χ0) is 16.7. The summed E-state index contributed by atoms with van der Waals surface area (Å²) in [5.74, 6) is 0.920. The van der Waals surface area contributed by atoms with Crippen molar-refractivity contribution in [3.63, 3.8) is 0 Å². The monoisotopic (exact) mass is 340 g/mol. The molecule has 0 radical (unpaired) electrons. The van der Waals surface area contributed by atoms with Crippen LogP contribution in [0.15, 0.2) is 48.8 Å². The van der Waals surface area contributed by atoms with Crippen molar-refractivity contribution in [1.29, 1.82) is 0 Å². The van der Waals surface area contributed by atoms with Gasteiger partial charge in [-0.2, -0.15) is 10.1 Å². The molecule has 2 N–H and O–H groups in total. The lowest BCUT2D eigenvalue weighted by atomic mass is 9.92. The maximum atomic E-state index is 10.2. The second-order valence-corrected chi connectivity index (χ2v) is 6.53. The lowest BCUT2D eigenvalue weighted by Crippen LogP contribution is -2.28. The fraction of sp³-hybridized carbons (Fsp3) is 0.222. The van der Waals surface area contributed by atoms with Crippen LogP contribution in [0, 0.1) is 6.92 Å². The minimum atomic E-state index is -0.0910. The Morgan fingerprint density at radius 2 is 2.00 bits per heavy atom. The first-order chi connectivity index (χ1) is 11.6. The maximum absolute atomic E-state index is 10.2. The number of phenols is 1. The smallest absolute Gasteiger partial charge is 0.222 e. The van der Waals surface area contributed by atoms with Crippen molar-refractivity contribution in [2.24, 2.45) is 0 Å². The number of aryl methyl sites for hydroxylation is 1. The normalized spacial score (nSPS) is 19.6. The minimum Gasteiger partial charge on any atom is -0.508 e. The highest BCUT2D eigenvalue weighted by Gasteiger charge is 2.31. The summed E-state index contributed by atoms with van der Waals surface area (Å²) >= 11 is 6.11. The highest BCUT2D eigenvalue weighted by Crippen LogP contribution is 2.40. The Morgan fingerprint density at radius 3 is 2.79 bits per heavy atom. The van der Waals surface area contributed by atoms with E-state index in [1.165, 1.54) is 11.1 Å². The van der Waals surface area contributed by atoms with Gasteiger partial charge >= 0.3 is 0 Å². The first-order valence-electron chi connectivity index (χ1n) is 7.83. The summed E-state index contributed by atoms with van der Waals surface area (Å²) in [5.41, 5.74) is 3.16. The average molecular weight is 341 g/mol. The number of nitrogens with zero attached hydrogens (tertiary/aromatic N) is 3. The number of hydrogen-bond donors (Lipinski definition) is 2. The maximum Gasteiger partial charge on any atom is 0.222 e. The van der Waals surface area contributed by atoms with E-state index in [1.54, 1.807) is 24.5 Å². The molecule has 2 aromatic carbocycles. The molecule has 0 saturated heterocycles. The summed E-state index contributed by atoms with van der Waals surface area (Å²) in [7, 11) is 0. The number of aromatic hydroxyl groups is 1. The Hall–Kier alpha value is -2.53. The van der Waals surface area contributed by atoms with Crippen LogP contribution in [-0.4, -0.2) is 19.9 Å². The number of benzene rings is 2. The lowest BCUT2D eigenvalue weighted by Gasteiger charge is -2.32. The van der Waals surface area contributed by atoms with Crippen molar-refractivity contribution in [2.45, 2.75) is 25.4 Å². The van der Waals surface area contributed by atoms with E-state index in [0.717, 1.165) is 12.0 Å². The molecular weight excluding hydrogens is 324 g/mol. The summed E-state index contributed by atoms with van der Waals surface area (Å²) < 4.78 is 1.89. The van der Waals surface area contributed by atoms with Crippen molar-refractivity contribution in [1.82, 2.24) is 14.8 Å². The van der Waals surface area contributed by atoms with Crippen molar-refractivity contribution >= 4 is 17.5 Å². The predicted octanol–water partition coefficient (Wildman–Crippen LogP) is 4.09. The number of nitrogens with one attached hydrogen (secondary N) is 1. The second kappa shape index (κ2) is 5.83. The van der Waals surface area contributed by atoms with E-state index in [9.17, 15) is 5.11 Å². The molecule has 24 heavy (non-hydrogen) atoms. The third-order valence-electron chi connectivity index (χ3n) is 4.46. The first-order valence-corrected chi connectivity index (χ1v) is 8.20. The van der Waals surface area contributed by atoms with Gasteiger partial charge in [-0.1, -0.05) is 41.4 Å². The number of hydrogen-bond acceptors (Lipinski definition) is 4. The van der Waals surface area contributed by atoms with Gasteiger partial charge in [0.15, 0.2) is 0 Å². The Labute approximate surface area is 144 Å². The Balaban J connectivity index is 1.76. The van der Waals surface area contributed by atoms with E-state index in [2.05, 4.69) is 46.6 Å². The van der Waals surface area contributed by atoms with Gasteiger partial charge in [-0.05, 0) is 37.1 Å². The largest absolute Gasteiger partial charge is 0.508 e. The second-order valence-electron chi connectivity index (χ2n) is 6.09. The summed E-state index contributed by atoms with van der Waals surface area (Å²) in [6.07, 6.45) is 2.29. The van der Waals surface area contributed by atoms with Crippen LogP contribution in [0.3, 0.4) is 0 Å². The molecule has 2 heterocycles. The third-order valence-corrected chi connectivity index (χ3v) is 4.69. The predicted molar refractivity (Wildman–Crippen MR) is 93.4 cm³/mol. The van der Waals surface area contributed by atoms with Crippen molar-refractivity contribution in [2.75, 3.05) is 5.32 Å². The molecule has 1 aliphatic heterocycles. The van der Waals surface area contributed by atoms with Gasteiger partial charge in [0, 0.05) is 10.6 Å². The number of rotatable bonds is 2. The summed E-state index contributed by atoms with van der Waals surface area (Å²) in [4.78, 5) is 4.30. The molecule has 0 saturated carbocycles. The zero-order valence-corrected chi connectivity index (χ0v) is 13.9. The van der Waals surface area contributed by atoms with Gasteiger partial charge in [-0.3, -0.25) is 0 Å². The molecule has 2 atom stereocenters. The molecular formula is C18H17ClN4O. The van der Waals surface area contributed by atoms with Crippen LogP contribution >= 0.6 is 11.6 Å². The van der Waals surface area contributed by atoms with E-state index in [4.69, 9.17) is 11.6 Å². The van der Waals surface area contributed by atoms with Crippen LogP contribution in [0.1, 0.15) is 35.2 Å². The standard InChI is InChI=1S/C18H17ClN4O/c1-11-2-4-12(5-3-11)16-9-15(22-18-20-10-21-23(16)18)14-8-13(19)6-7-17(14)24/h2-8,10,15-16,24H,9H2,1H3,(H,20,21,22)/t15-,16-/m1/s1. The Bertz CT molecular complexity index is 875. The molecule has 0 amide bonds. The Morgan fingerprint density at radius 1 is 1.21 bits per heavy atom. The van der Waals surface area contributed by atoms with E-state index in [1.807, 2.05) is 4.68 Å². The van der Waals surface area contributed by atoms with Gasteiger partial charge < -0.3 is 10.4 Å². The SMILES string of the molecule is Cc1ccc([C@H]2C[C@H](c3cc(Cl)ccc3O)Nc3ncnn32)cc1. The molecule has 0 aliphatic carbocycles. The lowest BCUT2D eigenvalue weighted by molar-refractivity contribution is 0.414. The number of phenolic OH excluding ortho intramolecular Hbond substituents is 1. The topological polar surface area (TPSA) is 63.0 Å². The van der Waals surface area contributed by atoms with Gasteiger partial charge in [0.25, 0.3) is 0 Å². The van der Waals surface area contributed by atoms with Gasteiger partial charge in [0.05, 0.1) is 12.1 Å². The zero-order valence-electron chi connectivity index (χ0n) is 13.1. The van der Waals surface area contributed by atoms with Crippen LogP contribution in [0.25, 0.3) is 0 Å². The average Bonchev–Trinajstić information content (AvgIpc) is 3.05.